The molecule has 1 unspecified atom stereocenters. The van der Waals surface area contributed by atoms with Crippen LogP contribution in [0.3, 0.4) is 0 Å². The molecule has 0 bridgehead atoms. The number of sulfone groups is 1. The van der Waals surface area contributed by atoms with Crippen LogP contribution in [0.2, 0.25) is 0 Å². The average molecular weight is 290 g/mol. The molecule has 1 atom stereocenters. The van der Waals surface area contributed by atoms with Gasteiger partial charge in [-0.3, -0.25) is 4.79 Å². The summed E-state index contributed by atoms with van der Waals surface area (Å²) in [6, 6.07) is 0. The van der Waals surface area contributed by atoms with Crippen LogP contribution >= 0.6 is 0 Å². The molecule has 1 amide bonds. The van der Waals surface area contributed by atoms with E-state index >= 15 is 0 Å². The molecule has 110 valence electrons. The van der Waals surface area contributed by atoms with Gasteiger partial charge in [-0.1, -0.05) is 6.42 Å². The molecule has 0 saturated carbocycles. The lowest BCUT2D eigenvalue weighted by molar-refractivity contribution is -0.123. The molecule has 2 fully saturated rings. The van der Waals surface area contributed by atoms with E-state index in [2.05, 4.69) is 5.32 Å². The van der Waals surface area contributed by atoms with Crippen LogP contribution in [0.25, 0.3) is 0 Å². The van der Waals surface area contributed by atoms with Crippen molar-refractivity contribution in [1.82, 2.24) is 5.32 Å². The zero-order valence-corrected chi connectivity index (χ0v) is 11.9. The lowest BCUT2D eigenvalue weighted by atomic mass is 9.90. The highest BCUT2D eigenvalue weighted by molar-refractivity contribution is 7.92. The number of ether oxygens (including phenoxy) is 1. The molecule has 2 aliphatic heterocycles. The molecule has 6 nitrogen and oxygen atoms in total. The van der Waals surface area contributed by atoms with E-state index in [0.29, 0.717) is 45.4 Å². The number of hydrogen-bond donors (Lipinski definition) is 2. The highest BCUT2D eigenvalue weighted by atomic mass is 32.2. The minimum Gasteiger partial charge on any atom is -0.381 e. The van der Waals surface area contributed by atoms with E-state index in [1.165, 1.54) is 0 Å². The van der Waals surface area contributed by atoms with E-state index in [-0.39, 0.29) is 11.7 Å². The molecule has 0 aromatic rings. The third-order valence-corrected chi connectivity index (χ3v) is 6.27. The van der Waals surface area contributed by atoms with E-state index in [1.807, 2.05) is 0 Å². The monoisotopic (exact) mass is 290 g/mol. The summed E-state index contributed by atoms with van der Waals surface area (Å²) in [6.45, 7) is 1.42. The van der Waals surface area contributed by atoms with Gasteiger partial charge in [-0.25, -0.2) is 8.42 Å². The van der Waals surface area contributed by atoms with Crippen LogP contribution in [0, 0.1) is 0 Å². The maximum atomic E-state index is 12.3. The molecule has 7 heteroatoms. The Balaban J connectivity index is 2.07. The fourth-order valence-corrected chi connectivity index (χ4v) is 4.53. The van der Waals surface area contributed by atoms with Gasteiger partial charge in [0, 0.05) is 19.8 Å². The molecule has 2 saturated heterocycles. The third kappa shape index (κ3) is 3.27. The number of hydrogen-bond acceptors (Lipinski definition) is 5. The summed E-state index contributed by atoms with van der Waals surface area (Å²) < 4.78 is 29.2. The summed E-state index contributed by atoms with van der Waals surface area (Å²) in [5.74, 6) is -0.267. The quantitative estimate of drug-likeness (QED) is 0.735. The zero-order chi connectivity index (χ0) is 13.9. The van der Waals surface area contributed by atoms with Gasteiger partial charge in [-0.05, 0) is 25.7 Å². The van der Waals surface area contributed by atoms with Gasteiger partial charge in [-0.15, -0.1) is 0 Å². The lowest BCUT2D eigenvalue weighted by Gasteiger charge is -2.38. The van der Waals surface area contributed by atoms with Crippen LogP contribution in [0.4, 0.5) is 0 Å². The predicted octanol–water partition coefficient (Wildman–Crippen LogP) is -0.422. The van der Waals surface area contributed by atoms with Crippen molar-refractivity contribution < 1.29 is 17.9 Å². The second kappa shape index (κ2) is 5.76. The number of carbonyl (C=O) groups excluding carboxylic acids is 1. The van der Waals surface area contributed by atoms with Crippen LogP contribution in [0.1, 0.15) is 32.1 Å². The Labute approximate surface area is 114 Å². The Hall–Kier alpha value is -0.660. The van der Waals surface area contributed by atoms with Gasteiger partial charge < -0.3 is 15.8 Å². The van der Waals surface area contributed by atoms with Crippen LogP contribution in [-0.4, -0.2) is 50.6 Å². The van der Waals surface area contributed by atoms with E-state index in [9.17, 15) is 13.2 Å². The van der Waals surface area contributed by atoms with Crippen molar-refractivity contribution in [2.75, 3.05) is 25.5 Å². The smallest absolute Gasteiger partial charge is 0.238 e. The molecule has 0 aromatic carbocycles. The summed E-state index contributed by atoms with van der Waals surface area (Å²) in [7, 11) is -3.29. The summed E-state index contributed by atoms with van der Waals surface area (Å²) in [5.41, 5.74) is 5.27. The van der Waals surface area contributed by atoms with Gasteiger partial charge in [0.25, 0.3) is 0 Å². The maximum Gasteiger partial charge on any atom is 0.238 e. The van der Waals surface area contributed by atoms with E-state index < -0.39 is 20.6 Å². The number of nitrogens with one attached hydrogen (secondary N) is 1. The molecule has 2 aliphatic rings. The Morgan fingerprint density at radius 3 is 2.58 bits per heavy atom. The van der Waals surface area contributed by atoms with Gasteiger partial charge in [0.15, 0.2) is 9.84 Å². The van der Waals surface area contributed by atoms with Gasteiger partial charge in [-0.2, -0.15) is 0 Å². The first-order chi connectivity index (χ1) is 8.99. The van der Waals surface area contributed by atoms with E-state index in [1.54, 1.807) is 0 Å². The van der Waals surface area contributed by atoms with Crippen LogP contribution in [0.15, 0.2) is 0 Å². The highest BCUT2D eigenvalue weighted by Crippen LogP contribution is 2.23. The van der Waals surface area contributed by atoms with Crippen molar-refractivity contribution in [3.63, 3.8) is 0 Å². The Bertz CT molecular complexity index is 429. The Kier molecular flexibility index (Phi) is 4.47. The van der Waals surface area contributed by atoms with Crippen molar-refractivity contribution in [1.29, 1.82) is 0 Å². The van der Waals surface area contributed by atoms with E-state index in [0.717, 1.165) is 6.42 Å². The zero-order valence-electron chi connectivity index (χ0n) is 11.1. The molecule has 0 spiro atoms. The van der Waals surface area contributed by atoms with Gasteiger partial charge in [0.2, 0.25) is 5.91 Å². The summed E-state index contributed by atoms with van der Waals surface area (Å²) in [6.07, 6.45) is 3.15. The topological polar surface area (TPSA) is 98.5 Å². The average Bonchev–Trinajstić information content (AvgIpc) is 2.39. The van der Waals surface area contributed by atoms with Crippen molar-refractivity contribution >= 4 is 15.7 Å². The first-order valence-electron chi connectivity index (χ1n) is 6.81. The fraction of sp³-hybridized carbons (Fsp3) is 0.917. The molecule has 19 heavy (non-hydrogen) atoms. The molecule has 2 heterocycles. The standard InChI is InChI=1S/C12H22N2O4S/c13-9-12(4-6-18-7-5-12)14-11(15)10-3-1-2-8-19(10,16)17/h10H,1-9,13H2,(H,14,15). The number of rotatable bonds is 3. The van der Waals surface area contributed by atoms with E-state index in [4.69, 9.17) is 10.5 Å². The number of nitrogens with two attached hydrogens (primary N) is 1. The SMILES string of the molecule is NCC1(NC(=O)C2CCCCS2(=O)=O)CCOCC1. The second-order valence-corrected chi connectivity index (χ2v) is 7.74. The largest absolute Gasteiger partial charge is 0.381 e. The molecular formula is C12H22N2O4S. The molecule has 3 N–H and O–H groups in total. The van der Waals surface area contributed by atoms with Crippen LogP contribution in [-0.2, 0) is 19.4 Å². The first-order valence-corrected chi connectivity index (χ1v) is 8.52. The second-order valence-electron chi connectivity index (χ2n) is 5.44. The van der Waals surface area contributed by atoms with Crippen LogP contribution < -0.4 is 11.1 Å². The van der Waals surface area contributed by atoms with Gasteiger partial charge >= 0.3 is 0 Å². The summed E-state index contributed by atoms with van der Waals surface area (Å²) >= 11 is 0. The third-order valence-electron chi connectivity index (χ3n) is 4.10. The Morgan fingerprint density at radius 2 is 2.00 bits per heavy atom. The summed E-state index contributed by atoms with van der Waals surface area (Å²) in [5, 5.41) is 1.99. The van der Waals surface area contributed by atoms with Crippen molar-refractivity contribution in [3.05, 3.63) is 0 Å². The molecule has 0 radical (unpaired) electrons. The minimum atomic E-state index is -3.29. The van der Waals surface area contributed by atoms with Crippen molar-refractivity contribution in [3.8, 4) is 0 Å². The van der Waals surface area contributed by atoms with Crippen molar-refractivity contribution in [2.45, 2.75) is 42.9 Å². The normalized spacial score (nSPS) is 29.6. The lowest BCUT2D eigenvalue weighted by Crippen LogP contribution is -2.59. The maximum absolute atomic E-state index is 12.3. The molecule has 0 aliphatic carbocycles. The van der Waals surface area contributed by atoms with Gasteiger partial charge in [0.05, 0.1) is 11.3 Å². The molecule has 0 aromatic heterocycles. The molecule has 2 rings (SSSR count). The number of carbonyl (C=O) groups is 1. The van der Waals surface area contributed by atoms with Crippen molar-refractivity contribution in [2.24, 2.45) is 5.73 Å². The first kappa shape index (κ1) is 14.7. The molecular weight excluding hydrogens is 268 g/mol. The van der Waals surface area contributed by atoms with Gasteiger partial charge in [0.1, 0.15) is 5.25 Å². The summed E-state index contributed by atoms with van der Waals surface area (Å²) in [4.78, 5) is 12.3. The minimum absolute atomic E-state index is 0.115. The predicted molar refractivity (Wildman–Crippen MR) is 71.4 cm³/mol. The number of amides is 1. The fourth-order valence-electron chi connectivity index (χ4n) is 2.73. The highest BCUT2D eigenvalue weighted by Gasteiger charge is 2.40. The van der Waals surface area contributed by atoms with Crippen LogP contribution in [0.5, 0.6) is 0 Å². The Morgan fingerprint density at radius 1 is 1.32 bits per heavy atom.